The molecule has 0 unspecified atom stereocenters. The summed E-state index contributed by atoms with van der Waals surface area (Å²) in [6, 6.07) is 12.3. The molecular formula is C33H27F2N7O4S. The molecule has 1 N–H and O–H groups in total. The molecule has 1 aliphatic carbocycles. The molecule has 0 radical (unpaired) electrons. The van der Waals surface area contributed by atoms with E-state index < -0.39 is 17.6 Å². The van der Waals surface area contributed by atoms with Crippen LogP contribution in [-0.2, 0) is 24.3 Å². The Balaban J connectivity index is 1.00. The SMILES string of the molecule is O=C(O)c1ccc2nc(Cc3cc(F)c(-c4cccc(OCc5nnc(-c6cnn(C7CC7)c6)s5)n4)cc3F)n(C[C@@H]3CCO3)c2c1. The zero-order valence-corrected chi connectivity index (χ0v) is 25.7. The van der Waals surface area contributed by atoms with Crippen molar-refractivity contribution < 1.29 is 28.2 Å². The van der Waals surface area contributed by atoms with Gasteiger partial charge in [0.05, 0.1) is 52.7 Å². The number of aromatic carboxylic acids is 1. The molecule has 8 rings (SSSR count). The third kappa shape index (κ3) is 5.97. The summed E-state index contributed by atoms with van der Waals surface area (Å²) in [5, 5.41) is 23.7. The number of carbonyl (C=O) groups is 1. The van der Waals surface area contributed by atoms with E-state index >= 15 is 8.78 Å². The van der Waals surface area contributed by atoms with Crippen molar-refractivity contribution in [1.29, 1.82) is 0 Å². The topological polar surface area (TPSA) is 130 Å². The number of fused-ring (bicyclic) bond motifs is 1. The van der Waals surface area contributed by atoms with Crippen LogP contribution in [0, 0.1) is 11.6 Å². The van der Waals surface area contributed by atoms with Crippen molar-refractivity contribution >= 4 is 28.3 Å². The van der Waals surface area contributed by atoms with Crippen LogP contribution in [0.15, 0.2) is 60.9 Å². The fourth-order valence-electron chi connectivity index (χ4n) is 5.56. The van der Waals surface area contributed by atoms with Crippen LogP contribution in [0.5, 0.6) is 5.88 Å². The molecule has 2 aromatic carbocycles. The number of ether oxygens (including phenoxy) is 2. The second-order valence-electron chi connectivity index (χ2n) is 11.6. The van der Waals surface area contributed by atoms with Gasteiger partial charge in [0.15, 0.2) is 10.0 Å². The molecule has 5 heterocycles. The van der Waals surface area contributed by atoms with Crippen LogP contribution < -0.4 is 4.74 Å². The maximum Gasteiger partial charge on any atom is 0.335 e. The predicted octanol–water partition coefficient (Wildman–Crippen LogP) is 6.08. The van der Waals surface area contributed by atoms with Crippen molar-refractivity contribution in [1.82, 2.24) is 34.5 Å². The van der Waals surface area contributed by atoms with Crippen LogP contribution in [0.4, 0.5) is 8.78 Å². The Morgan fingerprint density at radius 3 is 2.72 bits per heavy atom. The summed E-state index contributed by atoms with van der Waals surface area (Å²) in [6.07, 6.45) is 6.82. The number of halogens is 2. The Morgan fingerprint density at radius 1 is 1.06 bits per heavy atom. The highest BCUT2D eigenvalue weighted by Gasteiger charge is 2.25. The fourth-order valence-corrected chi connectivity index (χ4v) is 6.29. The second-order valence-corrected chi connectivity index (χ2v) is 12.7. The minimum atomic E-state index is -1.06. The van der Waals surface area contributed by atoms with Gasteiger partial charge >= 0.3 is 5.97 Å². The van der Waals surface area contributed by atoms with E-state index in [0.29, 0.717) is 41.1 Å². The van der Waals surface area contributed by atoms with Crippen molar-refractivity contribution in [3.8, 4) is 27.7 Å². The maximum atomic E-state index is 15.6. The summed E-state index contributed by atoms with van der Waals surface area (Å²) in [7, 11) is 0. The van der Waals surface area contributed by atoms with Gasteiger partial charge in [-0.1, -0.05) is 17.4 Å². The Kier molecular flexibility index (Phi) is 7.45. The molecule has 238 valence electrons. The number of pyridine rings is 1. The van der Waals surface area contributed by atoms with Gasteiger partial charge in [-0.15, -0.1) is 10.2 Å². The normalized spacial score (nSPS) is 16.0. The standard InChI is InChI=1S/C33H27F2N7O4S/c34-24-13-23(26-2-1-3-30(38-26)46-17-31-39-40-32(47-31)20-14-36-42(15-20)21-5-6-21)25(35)10-19(24)12-29-37-27-7-4-18(33(43)44)11-28(27)41(29)16-22-8-9-45-22/h1-4,7,10-11,13-15,21-22H,5-6,8-9,12,16-17H2,(H,43,44)/t22-/m0/s1. The number of imidazole rings is 1. The van der Waals surface area contributed by atoms with Crippen molar-refractivity contribution in [2.24, 2.45) is 0 Å². The highest BCUT2D eigenvalue weighted by Crippen LogP contribution is 2.36. The quantitative estimate of drug-likeness (QED) is 0.176. The van der Waals surface area contributed by atoms with Gasteiger partial charge in [0, 0.05) is 30.9 Å². The zero-order chi connectivity index (χ0) is 32.1. The molecule has 4 aromatic heterocycles. The lowest BCUT2D eigenvalue weighted by molar-refractivity contribution is -0.0589. The van der Waals surface area contributed by atoms with Gasteiger partial charge in [-0.05, 0) is 61.2 Å². The molecule has 0 spiro atoms. The summed E-state index contributed by atoms with van der Waals surface area (Å²) in [4.78, 5) is 20.7. The number of hydrogen-bond donors (Lipinski definition) is 1. The van der Waals surface area contributed by atoms with Crippen LogP contribution in [0.3, 0.4) is 0 Å². The van der Waals surface area contributed by atoms with E-state index in [2.05, 4.69) is 25.3 Å². The number of nitrogens with zero attached hydrogens (tertiary/aromatic N) is 7. The number of carboxylic acid groups (broad SMARTS) is 1. The van der Waals surface area contributed by atoms with E-state index in [1.54, 1.807) is 36.5 Å². The van der Waals surface area contributed by atoms with Gasteiger partial charge < -0.3 is 19.1 Å². The first kappa shape index (κ1) is 29.3. The molecule has 1 saturated carbocycles. The van der Waals surface area contributed by atoms with Crippen LogP contribution in [-0.4, -0.2) is 58.3 Å². The van der Waals surface area contributed by atoms with E-state index in [1.165, 1.54) is 17.4 Å². The third-order valence-corrected chi connectivity index (χ3v) is 9.26. The smallest absolute Gasteiger partial charge is 0.335 e. The zero-order valence-electron chi connectivity index (χ0n) is 24.8. The molecule has 0 amide bonds. The van der Waals surface area contributed by atoms with E-state index in [0.717, 1.165) is 42.0 Å². The summed E-state index contributed by atoms with van der Waals surface area (Å²) >= 11 is 1.39. The van der Waals surface area contributed by atoms with Crippen molar-refractivity contribution in [3.63, 3.8) is 0 Å². The second kappa shape index (κ2) is 11.9. The lowest BCUT2D eigenvalue weighted by atomic mass is 10.0. The lowest BCUT2D eigenvalue weighted by Crippen LogP contribution is -2.31. The lowest BCUT2D eigenvalue weighted by Gasteiger charge is -2.27. The molecule has 14 heteroatoms. The number of benzene rings is 2. The molecule has 0 bridgehead atoms. The molecule has 1 saturated heterocycles. The van der Waals surface area contributed by atoms with E-state index in [1.807, 2.05) is 15.4 Å². The van der Waals surface area contributed by atoms with Crippen LogP contribution in [0.25, 0.3) is 32.9 Å². The summed E-state index contributed by atoms with van der Waals surface area (Å²) in [5.74, 6) is -1.61. The average Bonchev–Trinajstić information content (AvgIpc) is 3.43. The maximum absolute atomic E-state index is 15.6. The Labute approximate surface area is 270 Å². The van der Waals surface area contributed by atoms with E-state index in [4.69, 9.17) is 9.47 Å². The molecule has 1 aliphatic heterocycles. The van der Waals surface area contributed by atoms with E-state index in [-0.39, 0.29) is 47.4 Å². The first-order valence-electron chi connectivity index (χ1n) is 15.2. The average molecular weight is 656 g/mol. The first-order valence-corrected chi connectivity index (χ1v) is 16.0. The molecule has 1 atom stereocenters. The first-order chi connectivity index (χ1) is 22.9. The highest BCUT2D eigenvalue weighted by atomic mass is 32.1. The number of rotatable bonds is 11. The molecule has 47 heavy (non-hydrogen) atoms. The molecule has 6 aromatic rings. The van der Waals surface area contributed by atoms with Gasteiger partial charge in [-0.3, -0.25) is 4.68 Å². The minimum Gasteiger partial charge on any atom is -0.478 e. The largest absolute Gasteiger partial charge is 0.478 e. The molecule has 2 aliphatic rings. The van der Waals surface area contributed by atoms with Crippen LogP contribution >= 0.6 is 11.3 Å². The van der Waals surface area contributed by atoms with E-state index in [9.17, 15) is 9.90 Å². The minimum absolute atomic E-state index is 0.00533. The summed E-state index contributed by atoms with van der Waals surface area (Å²) in [6.45, 7) is 1.18. The Morgan fingerprint density at radius 2 is 1.94 bits per heavy atom. The van der Waals surface area contributed by atoms with Crippen molar-refractivity contribution in [2.45, 2.75) is 51.0 Å². The molecular weight excluding hydrogens is 628 g/mol. The summed E-state index contributed by atoms with van der Waals surface area (Å²) < 4.78 is 46.4. The van der Waals surface area contributed by atoms with Crippen molar-refractivity contribution in [3.05, 3.63) is 94.5 Å². The van der Waals surface area contributed by atoms with Crippen LogP contribution in [0.2, 0.25) is 0 Å². The fraction of sp³-hybridized carbons (Fsp3) is 0.273. The van der Waals surface area contributed by atoms with Gasteiger partial charge in [-0.2, -0.15) is 5.10 Å². The number of aromatic nitrogens is 7. The van der Waals surface area contributed by atoms with Gasteiger partial charge in [0.1, 0.15) is 24.1 Å². The monoisotopic (exact) mass is 655 g/mol. The summed E-state index contributed by atoms with van der Waals surface area (Å²) in [5.41, 5.74) is 2.50. The number of hydrogen-bond acceptors (Lipinski definition) is 9. The van der Waals surface area contributed by atoms with Crippen molar-refractivity contribution in [2.75, 3.05) is 6.61 Å². The third-order valence-electron chi connectivity index (χ3n) is 8.32. The molecule has 11 nitrogen and oxygen atoms in total. The number of carboxylic acids is 1. The van der Waals surface area contributed by atoms with Crippen LogP contribution in [0.1, 0.15) is 52.1 Å². The Hall–Kier alpha value is -5.08. The molecule has 2 fully saturated rings. The highest BCUT2D eigenvalue weighted by molar-refractivity contribution is 7.14. The Bertz CT molecular complexity index is 2140. The van der Waals surface area contributed by atoms with Gasteiger partial charge in [0.2, 0.25) is 5.88 Å². The predicted molar refractivity (Wildman–Crippen MR) is 167 cm³/mol. The van der Waals surface area contributed by atoms with Gasteiger partial charge in [-0.25, -0.2) is 23.5 Å². The van der Waals surface area contributed by atoms with Gasteiger partial charge in [0.25, 0.3) is 0 Å².